The topological polar surface area (TPSA) is 74.2 Å². The van der Waals surface area contributed by atoms with Gasteiger partial charge in [0.15, 0.2) is 0 Å². The molecule has 1 fully saturated rings. The predicted octanol–water partition coefficient (Wildman–Crippen LogP) is 3.92. The molecule has 4 rings (SSSR count). The van der Waals surface area contributed by atoms with E-state index in [1.54, 1.807) is 32.2 Å². The van der Waals surface area contributed by atoms with Gasteiger partial charge in [-0.3, -0.25) is 15.1 Å². The van der Waals surface area contributed by atoms with Gasteiger partial charge >= 0.3 is 0 Å². The summed E-state index contributed by atoms with van der Waals surface area (Å²) in [4.78, 5) is 18.7. The Kier molecular flexibility index (Phi) is 5.71. The predicted molar refractivity (Wildman–Crippen MR) is 117 cm³/mol. The molecular weight excluding hydrogens is 402 g/mol. The summed E-state index contributed by atoms with van der Waals surface area (Å²) < 4.78 is 5.29. The number of carbonyl (C=O) groups is 1. The van der Waals surface area contributed by atoms with Gasteiger partial charge in [-0.05, 0) is 35.9 Å². The van der Waals surface area contributed by atoms with Gasteiger partial charge in [-0.15, -0.1) is 0 Å². The summed E-state index contributed by atoms with van der Waals surface area (Å²) in [7, 11) is 1.65. The minimum atomic E-state index is -0.487. The number of hydrogen-bond donors (Lipinski definition) is 2. The second-order valence-electron chi connectivity index (χ2n) is 7.93. The molecule has 0 aliphatic carbocycles. The number of phenols is 1. The van der Waals surface area contributed by atoms with Gasteiger partial charge in [0, 0.05) is 61.6 Å². The number of aliphatic imine (C=N–C) groups is 1. The molecule has 0 aromatic heterocycles. The number of carbonyl (C=O) groups excluding carboxylic acids is 1. The van der Waals surface area contributed by atoms with Crippen LogP contribution in [0.4, 0.5) is 0 Å². The normalized spacial score (nSPS) is 20.7. The van der Waals surface area contributed by atoms with Crippen molar-refractivity contribution in [3.63, 3.8) is 0 Å². The first kappa shape index (κ1) is 20.7. The zero-order valence-corrected chi connectivity index (χ0v) is 17.9. The lowest BCUT2D eigenvalue weighted by Gasteiger charge is -2.45. The molecule has 2 aliphatic heterocycles. The van der Waals surface area contributed by atoms with E-state index >= 15 is 0 Å². The summed E-state index contributed by atoms with van der Waals surface area (Å²) in [5.41, 5.74) is 2.12. The van der Waals surface area contributed by atoms with Crippen LogP contribution in [0.2, 0.25) is 5.02 Å². The summed E-state index contributed by atoms with van der Waals surface area (Å²) in [6, 6.07) is 13.1. The number of piperidine rings is 1. The van der Waals surface area contributed by atoms with Crippen LogP contribution in [0.15, 0.2) is 47.5 Å². The number of likely N-dealkylation sites (tertiary alicyclic amines) is 1. The largest absolute Gasteiger partial charge is 0.507 e. The molecule has 0 radical (unpaired) electrons. The van der Waals surface area contributed by atoms with Crippen LogP contribution in [0.5, 0.6) is 11.5 Å². The van der Waals surface area contributed by atoms with E-state index in [0.717, 1.165) is 17.0 Å². The molecule has 30 heavy (non-hydrogen) atoms. The van der Waals surface area contributed by atoms with Gasteiger partial charge in [0.25, 0.3) is 0 Å². The SMILES string of the molecule is COc1ccc(C2CC(c3cc(Cl)ccc3O)=NC3(CCN(C(C)=O)CC3)N2)cc1. The number of amides is 1. The van der Waals surface area contributed by atoms with Crippen LogP contribution in [-0.2, 0) is 4.79 Å². The summed E-state index contributed by atoms with van der Waals surface area (Å²) in [5, 5.41) is 14.8. The van der Waals surface area contributed by atoms with Crippen molar-refractivity contribution in [3.8, 4) is 11.5 Å². The Hall–Kier alpha value is -2.57. The van der Waals surface area contributed by atoms with Crippen molar-refractivity contribution < 1.29 is 14.6 Å². The summed E-state index contributed by atoms with van der Waals surface area (Å²) in [6.07, 6.45) is 2.05. The monoisotopic (exact) mass is 427 g/mol. The lowest BCUT2D eigenvalue weighted by Crippen LogP contribution is -2.56. The Bertz CT molecular complexity index is 966. The Morgan fingerprint density at radius 1 is 1.23 bits per heavy atom. The number of phenolic OH excluding ortho intramolecular Hbond substituents is 1. The minimum absolute atomic E-state index is 0.0191. The zero-order valence-electron chi connectivity index (χ0n) is 17.2. The maximum Gasteiger partial charge on any atom is 0.219 e. The van der Waals surface area contributed by atoms with Gasteiger partial charge in [0.1, 0.15) is 17.2 Å². The molecule has 1 saturated heterocycles. The molecule has 6 nitrogen and oxygen atoms in total. The van der Waals surface area contributed by atoms with Crippen LogP contribution in [0.3, 0.4) is 0 Å². The van der Waals surface area contributed by atoms with Crippen LogP contribution in [0.25, 0.3) is 0 Å². The lowest BCUT2D eigenvalue weighted by molar-refractivity contribution is -0.130. The van der Waals surface area contributed by atoms with Crippen molar-refractivity contribution in [2.24, 2.45) is 4.99 Å². The summed E-state index contributed by atoms with van der Waals surface area (Å²) in [5.74, 6) is 1.06. The number of aromatic hydroxyl groups is 1. The van der Waals surface area contributed by atoms with Crippen molar-refractivity contribution in [3.05, 3.63) is 58.6 Å². The molecule has 2 aromatic rings. The number of nitrogens with zero attached hydrogens (tertiary/aromatic N) is 2. The zero-order chi connectivity index (χ0) is 21.3. The van der Waals surface area contributed by atoms with E-state index in [1.165, 1.54) is 0 Å². The summed E-state index contributed by atoms with van der Waals surface area (Å²) >= 11 is 6.21. The van der Waals surface area contributed by atoms with E-state index in [4.69, 9.17) is 21.3 Å². The molecule has 1 spiro atoms. The van der Waals surface area contributed by atoms with Crippen LogP contribution < -0.4 is 10.1 Å². The molecule has 2 aromatic carbocycles. The Morgan fingerprint density at radius 2 is 1.93 bits per heavy atom. The lowest BCUT2D eigenvalue weighted by atomic mass is 9.87. The van der Waals surface area contributed by atoms with Crippen LogP contribution >= 0.6 is 11.6 Å². The second kappa shape index (κ2) is 8.28. The third-order valence-electron chi connectivity index (χ3n) is 6.01. The Labute approximate surface area is 181 Å². The fraction of sp³-hybridized carbons (Fsp3) is 0.391. The molecule has 1 unspecified atom stereocenters. The maximum atomic E-state index is 11.8. The van der Waals surface area contributed by atoms with Gasteiger partial charge in [-0.25, -0.2) is 0 Å². The fourth-order valence-electron chi connectivity index (χ4n) is 4.30. The number of rotatable bonds is 3. The highest BCUT2D eigenvalue weighted by Crippen LogP contribution is 2.37. The van der Waals surface area contributed by atoms with Crippen molar-refractivity contribution in [1.82, 2.24) is 10.2 Å². The number of methoxy groups -OCH3 is 1. The molecule has 7 heteroatoms. The van der Waals surface area contributed by atoms with E-state index in [2.05, 4.69) is 17.4 Å². The number of nitrogens with one attached hydrogen (secondary N) is 1. The van der Waals surface area contributed by atoms with Gasteiger partial charge in [0.2, 0.25) is 5.91 Å². The van der Waals surface area contributed by atoms with E-state index in [9.17, 15) is 9.90 Å². The van der Waals surface area contributed by atoms with Crippen molar-refractivity contribution in [2.75, 3.05) is 20.2 Å². The molecule has 158 valence electrons. The van der Waals surface area contributed by atoms with Gasteiger partial charge < -0.3 is 14.7 Å². The molecular formula is C23H26ClN3O3. The highest BCUT2D eigenvalue weighted by molar-refractivity contribution is 6.31. The maximum absolute atomic E-state index is 11.8. The average molecular weight is 428 g/mol. The first-order valence-electron chi connectivity index (χ1n) is 10.1. The van der Waals surface area contributed by atoms with Crippen LogP contribution in [0, 0.1) is 0 Å². The third-order valence-corrected chi connectivity index (χ3v) is 6.25. The number of halogens is 1. The average Bonchev–Trinajstić information content (AvgIpc) is 2.75. The fourth-order valence-corrected chi connectivity index (χ4v) is 4.47. The van der Waals surface area contributed by atoms with E-state index < -0.39 is 5.66 Å². The van der Waals surface area contributed by atoms with E-state index in [-0.39, 0.29) is 17.7 Å². The highest BCUT2D eigenvalue weighted by Gasteiger charge is 2.40. The highest BCUT2D eigenvalue weighted by atomic mass is 35.5. The van der Waals surface area contributed by atoms with Crippen LogP contribution in [-0.4, -0.2) is 47.5 Å². The number of benzene rings is 2. The quantitative estimate of drug-likeness (QED) is 0.778. The van der Waals surface area contributed by atoms with Crippen LogP contribution in [0.1, 0.15) is 43.4 Å². The first-order valence-corrected chi connectivity index (χ1v) is 10.5. The summed E-state index contributed by atoms with van der Waals surface area (Å²) in [6.45, 7) is 2.90. The number of ether oxygens (including phenoxy) is 1. The Morgan fingerprint density at radius 3 is 2.57 bits per heavy atom. The molecule has 0 saturated carbocycles. The Balaban J connectivity index is 1.71. The molecule has 2 N–H and O–H groups in total. The molecule has 2 aliphatic rings. The molecule has 2 heterocycles. The molecule has 1 atom stereocenters. The second-order valence-corrected chi connectivity index (χ2v) is 8.37. The van der Waals surface area contributed by atoms with Gasteiger partial charge in [-0.1, -0.05) is 23.7 Å². The molecule has 1 amide bonds. The van der Waals surface area contributed by atoms with Crippen molar-refractivity contribution in [1.29, 1.82) is 0 Å². The molecule has 0 bridgehead atoms. The van der Waals surface area contributed by atoms with Crippen molar-refractivity contribution >= 4 is 23.2 Å². The van der Waals surface area contributed by atoms with Gasteiger partial charge in [-0.2, -0.15) is 0 Å². The van der Waals surface area contributed by atoms with E-state index in [0.29, 0.717) is 42.9 Å². The standard InChI is InChI=1S/C23H26ClN3O3/c1-15(28)27-11-9-23(10-12-27)25-20(16-3-6-18(30-2)7-4-16)14-21(26-23)19-13-17(24)5-8-22(19)29/h3-8,13,20,25,29H,9-12,14H2,1-2H3. The number of hydrogen-bond acceptors (Lipinski definition) is 5. The third kappa shape index (κ3) is 4.16. The smallest absolute Gasteiger partial charge is 0.219 e. The van der Waals surface area contributed by atoms with E-state index in [1.807, 2.05) is 17.0 Å². The first-order chi connectivity index (χ1) is 14.4. The van der Waals surface area contributed by atoms with Gasteiger partial charge in [0.05, 0.1) is 7.11 Å². The van der Waals surface area contributed by atoms with Crippen molar-refractivity contribution in [2.45, 2.75) is 37.9 Å². The minimum Gasteiger partial charge on any atom is -0.507 e.